The molecule has 150 valence electrons. The van der Waals surface area contributed by atoms with E-state index in [9.17, 15) is 9.59 Å². The average molecular weight is 384 g/mol. The Morgan fingerprint density at radius 2 is 1.96 bits per heavy atom. The van der Waals surface area contributed by atoms with Crippen molar-refractivity contribution in [2.24, 2.45) is 12.5 Å². The highest BCUT2D eigenvalue weighted by molar-refractivity contribution is 5.94. The second kappa shape index (κ2) is 6.22. The van der Waals surface area contributed by atoms with Crippen molar-refractivity contribution < 1.29 is 9.53 Å². The first-order valence-electron chi connectivity index (χ1n) is 9.77. The lowest BCUT2D eigenvalue weighted by Gasteiger charge is -2.58. The van der Waals surface area contributed by atoms with Crippen LogP contribution >= 0.6 is 0 Å². The minimum Gasteiger partial charge on any atom is -0.444 e. The summed E-state index contributed by atoms with van der Waals surface area (Å²) < 4.78 is 6.81. The molecule has 1 aliphatic heterocycles. The minimum atomic E-state index is -0.457. The van der Waals surface area contributed by atoms with Crippen LogP contribution in [-0.4, -0.2) is 45.5 Å². The number of carbonyl (C=O) groups is 1. The average Bonchev–Trinajstić information content (AvgIpc) is 2.51. The maximum Gasteiger partial charge on any atom is 0.410 e. The van der Waals surface area contributed by atoms with Crippen LogP contribution in [0.5, 0.6) is 0 Å². The highest BCUT2D eigenvalue weighted by Crippen LogP contribution is 2.49. The number of aromatic nitrogens is 2. The van der Waals surface area contributed by atoms with Gasteiger partial charge < -0.3 is 15.0 Å². The third kappa shape index (κ3) is 3.23. The molecule has 2 aliphatic rings. The number of ether oxygens (including phenoxy) is 1. The first-order valence-corrected chi connectivity index (χ1v) is 9.77. The lowest BCUT2D eigenvalue weighted by molar-refractivity contribution is -0.0738. The van der Waals surface area contributed by atoms with E-state index in [4.69, 9.17) is 4.74 Å². The van der Waals surface area contributed by atoms with E-state index in [1.165, 1.54) is 4.68 Å². The summed E-state index contributed by atoms with van der Waals surface area (Å²) in [6, 6.07) is 4.35. The topological polar surface area (TPSA) is 76.5 Å². The molecule has 28 heavy (non-hydrogen) atoms. The SMILES string of the molecule is Cc1ccc(NC2CC3(C2)CN(C(=O)OC(C)(C)C)C3)c2cnn(C)c(=O)c12. The van der Waals surface area contributed by atoms with E-state index < -0.39 is 5.60 Å². The zero-order valence-corrected chi connectivity index (χ0v) is 17.2. The molecule has 2 heterocycles. The van der Waals surface area contributed by atoms with Crippen LogP contribution in [0.1, 0.15) is 39.2 Å². The Kier molecular flexibility index (Phi) is 4.17. The Labute approximate surface area is 164 Å². The van der Waals surface area contributed by atoms with E-state index in [0.717, 1.165) is 48.0 Å². The quantitative estimate of drug-likeness (QED) is 0.861. The Morgan fingerprint density at radius 1 is 1.29 bits per heavy atom. The lowest BCUT2D eigenvalue weighted by Crippen LogP contribution is -2.66. The summed E-state index contributed by atoms with van der Waals surface area (Å²) in [7, 11) is 1.67. The van der Waals surface area contributed by atoms with Gasteiger partial charge in [-0.15, -0.1) is 0 Å². The number of aryl methyl sites for hydroxylation is 2. The van der Waals surface area contributed by atoms with E-state index in [0.29, 0.717) is 6.04 Å². The molecule has 1 aromatic carbocycles. The number of rotatable bonds is 2. The van der Waals surface area contributed by atoms with E-state index in [-0.39, 0.29) is 17.1 Å². The van der Waals surface area contributed by atoms with Gasteiger partial charge in [0.05, 0.1) is 11.6 Å². The Balaban J connectivity index is 1.40. The fraction of sp³-hybridized carbons (Fsp3) is 0.571. The number of hydrogen-bond acceptors (Lipinski definition) is 5. The highest BCUT2D eigenvalue weighted by Gasteiger charge is 2.54. The van der Waals surface area contributed by atoms with Crippen molar-refractivity contribution in [3.05, 3.63) is 34.2 Å². The van der Waals surface area contributed by atoms with Gasteiger partial charge in [-0.1, -0.05) is 6.07 Å². The smallest absolute Gasteiger partial charge is 0.410 e. The molecule has 0 unspecified atom stereocenters. The van der Waals surface area contributed by atoms with Gasteiger partial charge in [-0.2, -0.15) is 5.10 Å². The number of nitrogens with one attached hydrogen (secondary N) is 1. The molecule has 1 aromatic heterocycles. The summed E-state index contributed by atoms with van der Waals surface area (Å²) in [6.45, 7) is 9.13. The summed E-state index contributed by atoms with van der Waals surface area (Å²) in [6.07, 6.45) is 3.56. The number of carbonyl (C=O) groups excluding carboxylic acids is 1. The molecule has 7 nitrogen and oxygen atoms in total. The molecule has 4 rings (SSSR count). The molecule has 1 spiro atoms. The monoisotopic (exact) mass is 384 g/mol. The van der Waals surface area contributed by atoms with Crippen molar-refractivity contribution in [3.8, 4) is 0 Å². The van der Waals surface area contributed by atoms with Crippen molar-refractivity contribution in [2.75, 3.05) is 18.4 Å². The summed E-state index contributed by atoms with van der Waals surface area (Å²) in [5.74, 6) is 0. The first-order chi connectivity index (χ1) is 13.1. The predicted octanol–water partition coefficient (Wildman–Crippen LogP) is 3.05. The van der Waals surface area contributed by atoms with Gasteiger partial charge in [0.15, 0.2) is 0 Å². The van der Waals surface area contributed by atoms with Crippen LogP contribution in [0.4, 0.5) is 10.5 Å². The van der Waals surface area contributed by atoms with E-state index >= 15 is 0 Å². The second-order valence-corrected chi connectivity index (χ2v) is 9.38. The van der Waals surface area contributed by atoms with Gasteiger partial charge in [0, 0.05) is 42.7 Å². The largest absolute Gasteiger partial charge is 0.444 e. The molecule has 1 saturated carbocycles. The summed E-state index contributed by atoms with van der Waals surface area (Å²) in [5.41, 5.74) is 1.59. The maximum atomic E-state index is 12.5. The van der Waals surface area contributed by atoms with Gasteiger partial charge in [-0.25, -0.2) is 9.48 Å². The van der Waals surface area contributed by atoms with Crippen LogP contribution in [-0.2, 0) is 11.8 Å². The maximum absolute atomic E-state index is 12.5. The molecule has 2 aromatic rings. The molecular formula is C21H28N4O3. The van der Waals surface area contributed by atoms with Crippen molar-refractivity contribution in [3.63, 3.8) is 0 Å². The molecule has 0 bridgehead atoms. The Morgan fingerprint density at radius 3 is 2.61 bits per heavy atom. The summed E-state index contributed by atoms with van der Waals surface area (Å²) in [5, 5.41) is 9.35. The van der Waals surface area contributed by atoms with Crippen molar-refractivity contribution in [2.45, 2.75) is 52.2 Å². The van der Waals surface area contributed by atoms with Gasteiger partial charge in [0.1, 0.15) is 5.60 Å². The van der Waals surface area contributed by atoms with Gasteiger partial charge >= 0.3 is 6.09 Å². The fourth-order valence-electron chi connectivity index (χ4n) is 4.42. The Bertz CT molecular complexity index is 991. The molecule has 1 saturated heterocycles. The molecule has 7 heteroatoms. The van der Waals surface area contributed by atoms with Gasteiger partial charge in [-0.3, -0.25) is 4.79 Å². The van der Waals surface area contributed by atoms with E-state index in [1.807, 2.05) is 39.8 Å². The van der Waals surface area contributed by atoms with E-state index in [1.54, 1.807) is 18.1 Å². The highest BCUT2D eigenvalue weighted by atomic mass is 16.6. The van der Waals surface area contributed by atoms with Gasteiger partial charge in [0.25, 0.3) is 5.56 Å². The molecular weight excluding hydrogens is 356 g/mol. The van der Waals surface area contributed by atoms with Gasteiger partial charge in [0.2, 0.25) is 0 Å². The van der Waals surface area contributed by atoms with Crippen LogP contribution in [0.15, 0.2) is 23.1 Å². The summed E-state index contributed by atoms with van der Waals surface area (Å²) in [4.78, 5) is 26.4. The number of benzene rings is 1. The third-order valence-electron chi connectivity index (χ3n) is 5.74. The second-order valence-electron chi connectivity index (χ2n) is 9.38. The molecule has 2 fully saturated rings. The third-order valence-corrected chi connectivity index (χ3v) is 5.74. The van der Waals surface area contributed by atoms with Crippen molar-refractivity contribution >= 4 is 22.6 Å². The van der Waals surface area contributed by atoms with Crippen LogP contribution in [0.2, 0.25) is 0 Å². The van der Waals surface area contributed by atoms with Crippen molar-refractivity contribution in [1.82, 2.24) is 14.7 Å². The normalized spacial score (nSPS) is 18.7. The predicted molar refractivity (Wildman–Crippen MR) is 109 cm³/mol. The van der Waals surface area contributed by atoms with Crippen molar-refractivity contribution in [1.29, 1.82) is 0 Å². The minimum absolute atomic E-state index is 0.0734. The van der Waals surface area contributed by atoms with E-state index in [2.05, 4.69) is 10.4 Å². The fourth-order valence-corrected chi connectivity index (χ4v) is 4.42. The molecule has 1 amide bonds. The zero-order chi connectivity index (χ0) is 20.3. The standard InChI is InChI=1S/C21H28N4O3/c1-13-6-7-16(15-10-22-24(5)18(26)17(13)15)23-14-8-21(9-14)11-25(12-21)19(27)28-20(2,3)4/h6-7,10,14,23H,8-9,11-12H2,1-5H3. The molecule has 0 atom stereocenters. The van der Waals surface area contributed by atoms with Crippen LogP contribution in [0.3, 0.4) is 0 Å². The number of hydrogen-bond donors (Lipinski definition) is 1. The van der Waals surface area contributed by atoms with Crippen LogP contribution in [0, 0.1) is 12.3 Å². The molecule has 1 aliphatic carbocycles. The number of fused-ring (bicyclic) bond motifs is 1. The van der Waals surface area contributed by atoms with Crippen LogP contribution in [0.25, 0.3) is 10.8 Å². The Hall–Kier alpha value is -2.57. The first kappa shape index (κ1) is 18.8. The lowest BCUT2D eigenvalue weighted by atomic mass is 9.60. The summed E-state index contributed by atoms with van der Waals surface area (Å²) >= 11 is 0. The molecule has 1 N–H and O–H groups in total. The number of amides is 1. The zero-order valence-electron chi connectivity index (χ0n) is 17.2. The number of anilines is 1. The number of nitrogens with zero attached hydrogens (tertiary/aromatic N) is 3. The number of likely N-dealkylation sites (tertiary alicyclic amines) is 1. The molecule has 0 radical (unpaired) electrons. The van der Waals surface area contributed by atoms with Gasteiger partial charge in [-0.05, 0) is 52.2 Å². The van der Waals surface area contributed by atoms with Crippen LogP contribution < -0.4 is 10.9 Å².